The van der Waals surface area contributed by atoms with Crippen LogP contribution in [0.4, 0.5) is 0 Å². The van der Waals surface area contributed by atoms with Gasteiger partial charge in [-0.05, 0) is 141 Å². The lowest BCUT2D eigenvalue weighted by Gasteiger charge is -2.53. The van der Waals surface area contributed by atoms with E-state index in [0.29, 0.717) is 57.8 Å². The van der Waals surface area contributed by atoms with Crippen LogP contribution in [0.3, 0.4) is 0 Å². The summed E-state index contributed by atoms with van der Waals surface area (Å²) in [6, 6.07) is 0. The van der Waals surface area contributed by atoms with E-state index in [2.05, 4.69) is 81.0 Å². The van der Waals surface area contributed by atoms with Crippen molar-refractivity contribution in [2.45, 2.75) is 242 Å². The van der Waals surface area contributed by atoms with Crippen molar-refractivity contribution < 1.29 is 41.8 Å². The van der Waals surface area contributed by atoms with Crippen LogP contribution in [-0.4, -0.2) is 111 Å². The summed E-state index contributed by atoms with van der Waals surface area (Å²) in [4.78, 5) is 0. The molecule has 0 spiro atoms. The van der Waals surface area contributed by atoms with E-state index in [1.807, 2.05) is 28.4 Å². The highest BCUT2D eigenvalue weighted by Crippen LogP contribution is 2.67. The molecule has 23 atom stereocenters. The van der Waals surface area contributed by atoms with Crippen molar-refractivity contribution in [2.24, 2.45) is 63.6 Å². The van der Waals surface area contributed by atoms with Crippen molar-refractivity contribution in [3.8, 4) is 0 Å². The second-order valence-electron chi connectivity index (χ2n) is 26.0. The van der Waals surface area contributed by atoms with Crippen molar-refractivity contribution in [2.75, 3.05) is 28.4 Å². The van der Waals surface area contributed by atoms with Gasteiger partial charge >= 0.3 is 0 Å². The van der Waals surface area contributed by atoms with E-state index in [4.69, 9.17) is 41.8 Å². The fraction of sp³-hybridized carbons (Fsp3) is 1.00. The first-order valence-electron chi connectivity index (χ1n) is 26.5. The molecule has 0 N–H and O–H groups in total. The van der Waals surface area contributed by atoms with Crippen molar-refractivity contribution in [3.63, 3.8) is 0 Å². The Morgan fingerprint density at radius 3 is 1.08 bits per heavy atom. The molecule has 9 rings (SSSR count). The molecule has 65 heavy (non-hydrogen) atoms. The lowest BCUT2D eigenvalue weighted by Crippen LogP contribution is -2.55. The molecule has 3 saturated heterocycles. The molecular formula is C53H92O9P2S. The van der Waals surface area contributed by atoms with Crippen LogP contribution < -0.4 is 0 Å². The average Bonchev–Trinajstić information content (AvgIpc) is 3.54. The Bertz CT molecular complexity index is 1540. The molecule has 6 aliphatic carbocycles. The van der Waals surface area contributed by atoms with Crippen LogP contribution in [0.15, 0.2) is 0 Å². The van der Waals surface area contributed by atoms with Crippen LogP contribution >= 0.6 is 28.5 Å². The zero-order chi connectivity index (χ0) is 46.3. The normalized spacial score (nSPS) is 50.9. The summed E-state index contributed by atoms with van der Waals surface area (Å²) in [6.45, 7) is 24.3. The highest BCUT2D eigenvalue weighted by atomic mass is 32.2. The van der Waals surface area contributed by atoms with Gasteiger partial charge in [-0.1, -0.05) is 82.1 Å². The Morgan fingerprint density at radius 1 is 0.415 bits per heavy atom. The quantitative estimate of drug-likeness (QED) is 0.240. The number of thioether (sulfide) groups is 1. The molecule has 12 heteroatoms. The fourth-order valence-electron chi connectivity index (χ4n) is 15.4. The molecule has 0 aromatic rings. The van der Waals surface area contributed by atoms with Gasteiger partial charge < -0.3 is 41.8 Å². The summed E-state index contributed by atoms with van der Waals surface area (Å²) in [6.07, 6.45) is 17.1. The Balaban J connectivity index is 1.05. The average molecular weight is 967 g/mol. The van der Waals surface area contributed by atoms with Gasteiger partial charge in [-0.2, -0.15) is 0 Å². The molecule has 9 fully saturated rings. The van der Waals surface area contributed by atoms with Gasteiger partial charge in [0.1, 0.15) is 0 Å². The van der Waals surface area contributed by atoms with Crippen LogP contribution in [0.25, 0.3) is 0 Å². The predicted molar refractivity (Wildman–Crippen MR) is 265 cm³/mol. The Kier molecular flexibility index (Phi) is 15.7. The summed E-state index contributed by atoms with van der Waals surface area (Å²) >= 11 is 2.27. The van der Waals surface area contributed by atoms with Gasteiger partial charge in [-0.15, -0.1) is 11.8 Å². The fourth-order valence-corrected chi connectivity index (χ4v) is 22.3. The number of hydrogen-bond acceptors (Lipinski definition) is 10. The minimum atomic E-state index is -1.25. The smallest absolute Gasteiger partial charge is 0.177 e. The first kappa shape index (κ1) is 50.8. The SMILES string of the molecule is COC1CC(C)C2OP(C3CCCC4SC5CCCC(P6OC7C(CC(OC)CC7C(C)(C)C)C7CC(OC)CC(C(C)(C)C)C7O6)C5OC43)OC3C(CC(OC)CC3C(C)(C)C)C2C1. The molecule has 0 aromatic carbocycles. The van der Waals surface area contributed by atoms with Gasteiger partial charge in [-0.25, -0.2) is 0 Å². The Labute approximate surface area is 402 Å². The van der Waals surface area contributed by atoms with Crippen molar-refractivity contribution in [3.05, 3.63) is 0 Å². The maximum absolute atomic E-state index is 7.91. The van der Waals surface area contributed by atoms with E-state index < -0.39 is 16.8 Å². The molecular weight excluding hydrogens is 875 g/mol. The highest BCUT2D eigenvalue weighted by molar-refractivity contribution is 8.00. The third-order valence-electron chi connectivity index (χ3n) is 19.1. The lowest BCUT2D eigenvalue weighted by molar-refractivity contribution is -0.120. The largest absolute Gasteiger partial charge is 0.381 e. The van der Waals surface area contributed by atoms with E-state index in [1.165, 1.54) is 25.7 Å². The van der Waals surface area contributed by atoms with Crippen LogP contribution in [0.5, 0.6) is 0 Å². The van der Waals surface area contributed by atoms with Crippen molar-refractivity contribution >= 4 is 28.5 Å². The molecule has 0 bridgehead atoms. The summed E-state index contributed by atoms with van der Waals surface area (Å²) in [5, 5.41) is 0.921. The third-order valence-corrected chi connectivity index (χ3v) is 24.8. The van der Waals surface area contributed by atoms with E-state index >= 15 is 0 Å². The number of rotatable bonds is 6. The van der Waals surface area contributed by atoms with Crippen LogP contribution in [0.2, 0.25) is 0 Å². The Morgan fingerprint density at radius 2 is 0.738 bits per heavy atom. The second-order valence-corrected chi connectivity index (χ2v) is 30.8. The molecule has 23 unspecified atom stereocenters. The number of hydrogen-bond donors (Lipinski definition) is 0. The molecule has 9 nitrogen and oxygen atoms in total. The van der Waals surface area contributed by atoms with E-state index in [1.54, 1.807) is 0 Å². The zero-order valence-electron chi connectivity index (χ0n) is 43.1. The summed E-state index contributed by atoms with van der Waals surface area (Å²) in [5.41, 5.74) is 0.704. The van der Waals surface area contributed by atoms with E-state index in [9.17, 15) is 0 Å². The van der Waals surface area contributed by atoms with Crippen molar-refractivity contribution in [1.82, 2.24) is 0 Å². The van der Waals surface area contributed by atoms with Crippen molar-refractivity contribution in [1.29, 1.82) is 0 Å². The number of fused-ring (bicyclic) bond motifs is 8. The molecule has 3 heterocycles. The topological polar surface area (TPSA) is 83.1 Å². The summed E-state index contributed by atoms with van der Waals surface area (Å²) < 4.78 is 64.0. The standard InChI is InChI=1S/C53H92O9P2S/c1-29-21-30(54-11)22-34-35-23-31(55-12)26-38(51(2,3)4)46(35)60-63(59-45(29)34)41-17-15-19-43-49(41)58-50-42(18-16-20-44(50)65-43)64-61-47-36(24-32(56-13)27-39(47)52(5,6)7)37-25-33(57-14)28-40(48(37)62-64)53(8,9)10/h29-50H,15-28H2,1-14H3. The minimum absolute atomic E-state index is 0.0720. The van der Waals surface area contributed by atoms with Gasteiger partial charge in [0, 0.05) is 38.9 Å². The van der Waals surface area contributed by atoms with E-state index in [0.717, 1.165) is 64.2 Å². The first-order valence-corrected chi connectivity index (χ1v) is 29.9. The van der Waals surface area contributed by atoms with Crippen LogP contribution in [0.1, 0.15) is 159 Å². The Hall–Kier alpha value is 0.850. The summed E-state index contributed by atoms with van der Waals surface area (Å²) in [7, 11) is 5.22. The van der Waals surface area contributed by atoms with E-state index in [-0.39, 0.29) is 88.6 Å². The molecule has 3 aliphatic heterocycles. The van der Waals surface area contributed by atoms with Gasteiger partial charge in [0.15, 0.2) is 16.8 Å². The molecule has 0 radical (unpaired) electrons. The molecule has 9 aliphatic rings. The highest BCUT2D eigenvalue weighted by Gasteiger charge is 2.61. The summed E-state index contributed by atoms with van der Waals surface area (Å²) in [5.74, 6) is 3.05. The third kappa shape index (κ3) is 10.2. The maximum atomic E-state index is 7.91. The molecule has 0 aromatic heterocycles. The number of ether oxygens (including phenoxy) is 5. The van der Waals surface area contributed by atoms with Gasteiger partial charge in [0.2, 0.25) is 0 Å². The minimum Gasteiger partial charge on any atom is -0.381 e. The van der Waals surface area contributed by atoms with Gasteiger partial charge in [0.05, 0.1) is 72.4 Å². The lowest BCUT2D eigenvalue weighted by atomic mass is 9.57. The second kappa shape index (κ2) is 20.0. The maximum Gasteiger partial charge on any atom is 0.177 e. The van der Waals surface area contributed by atoms with Gasteiger partial charge in [0.25, 0.3) is 0 Å². The molecule has 374 valence electrons. The predicted octanol–water partition coefficient (Wildman–Crippen LogP) is 12.8. The first-order chi connectivity index (χ1) is 30.8. The molecule has 0 amide bonds. The number of methoxy groups -OCH3 is 4. The monoisotopic (exact) mass is 967 g/mol. The van der Waals surface area contributed by atoms with Crippen LogP contribution in [-0.2, 0) is 41.8 Å². The van der Waals surface area contributed by atoms with Crippen LogP contribution in [0, 0.1) is 63.6 Å². The molecule has 6 saturated carbocycles. The zero-order valence-corrected chi connectivity index (χ0v) is 45.7. The van der Waals surface area contributed by atoms with Gasteiger partial charge in [-0.3, -0.25) is 0 Å².